The highest BCUT2D eigenvalue weighted by molar-refractivity contribution is 5.97. The van der Waals surface area contributed by atoms with Crippen LogP contribution in [-0.4, -0.2) is 44.5 Å². The molecule has 10 heteroatoms. The number of rotatable bonds is 9. The van der Waals surface area contributed by atoms with E-state index in [0.717, 1.165) is 17.7 Å². The van der Waals surface area contributed by atoms with Crippen molar-refractivity contribution in [2.45, 2.75) is 26.0 Å². The number of hydrogen-bond donors (Lipinski definition) is 2. The van der Waals surface area contributed by atoms with Gasteiger partial charge in [-0.15, -0.1) is 0 Å². The summed E-state index contributed by atoms with van der Waals surface area (Å²) in [6, 6.07) is 11.1. The smallest absolute Gasteiger partial charge is 0.387 e. The van der Waals surface area contributed by atoms with Crippen LogP contribution in [0.1, 0.15) is 28.8 Å². The van der Waals surface area contributed by atoms with E-state index in [1.807, 2.05) is 24.3 Å². The number of methoxy groups -OCH3 is 1. The average molecular weight is 447 g/mol. The first-order valence-corrected chi connectivity index (χ1v) is 9.94. The summed E-state index contributed by atoms with van der Waals surface area (Å²) in [6.07, 6.45) is 1.41. The Morgan fingerprint density at radius 3 is 2.47 bits per heavy atom. The molecule has 0 atom stereocenters. The summed E-state index contributed by atoms with van der Waals surface area (Å²) in [5.41, 5.74) is 1.80. The van der Waals surface area contributed by atoms with Gasteiger partial charge in [0.05, 0.1) is 13.7 Å². The Hall–Kier alpha value is -3.69. The van der Waals surface area contributed by atoms with Gasteiger partial charge in [0.15, 0.2) is 11.5 Å². The number of nitrogens with zero attached hydrogens (tertiary/aromatic N) is 1. The van der Waals surface area contributed by atoms with Gasteiger partial charge in [0.1, 0.15) is 0 Å². The molecule has 1 fully saturated rings. The third-order valence-corrected chi connectivity index (χ3v) is 4.86. The van der Waals surface area contributed by atoms with Gasteiger partial charge in [-0.25, -0.2) is 0 Å². The molecule has 0 radical (unpaired) electrons. The predicted molar refractivity (Wildman–Crippen MR) is 112 cm³/mol. The first-order valence-electron chi connectivity index (χ1n) is 9.94. The van der Waals surface area contributed by atoms with Crippen molar-refractivity contribution in [3.8, 4) is 11.5 Å². The number of alkyl halides is 2. The maximum absolute atomic E-state index is 12.4. The van der Waals surface area contributed by atoms with E-state index in [1.165, 1.54) is 25.3 Å². The lowest BCUT2D eigenvalue weighted by atomic mass is 10.2. The number of hydrogen-bond acceptors (Lipinski definition) is 5. The lowest BCUT2D eigenvalue weighted by Crippen LogP contribution is -2.36. The van der Waals surface area contributed by atoms with Crippen molar-refractivity contribution in [2.75, 3.05) is 25.1 Å². The number of halogens is 2. The Bertz CT molecular complexity index is 982. The van der Waals surface area contributed by atoms with Crippen LogP contribution in [0, 0.1) is 0 Å². The van der Waals surface area contributed by atoms with Crippen molar-refractivity contribution in [2.24, 2.45) is 0 Å². The lowest BCUT2D eigenvalue weighted by molar-refractivity contribution is -0.120. The van der Waals surface area contributed by atoms with Gasteiger partial charge in [-0.1, -0.05) is 12.1 Å². The van der Waals surface area contributed by atoms with Crippen molar-refractivity contribution < 1.29 is 32.6 Å². The van der Waals surface area contributed by atoms with E-state index < -0.39 is 18.4 Å². The summed E-state index contributed by atoms with van der Waals surface area (Å²) in [6.45, 7) is -2.32. The van der Waals surface area contributed by atoms with Gasteiger partial charge in [-0.05, 0) is 42.3 Å². The summed E-state index contributed by atoms with van der Waals surface area (Å²) in [4.78, 5) is 37.8. The van der Waals surface area contributed by atoms with E-state index in [1.54, 1.807) is 4.90 Å². The second kappa shape index (κ2) is 10.6. The number of carbonyl (C=O) groups excluding carboxylic acids is 3. The minimum Gasteiger partial charge on any atom is -0.493 e. The first kappa shape index (κ1) is 23.0. The van der Waals surface area contributed by atoms with Crippen LogP contribution in [0.4, 0.5) is 14.5 Å². The normalized spacial score (nSPS) is 13.2. The van der Waals surface area contributed by atoms with Gasteiger partial charge in [-0.3, -0.25) is 14.4 Å². The van der Waals surface area contributed by atoms with E-state index in [-0.39, 0.29) is 36.1 Å². The van der Waals surface area contributed by atoms with Crippen LogP contribution in [-0.2, 0) is 16.1 Å². The molecule has 0 aliphatic carbocycles. The van der Waals surface area contributed by atoms with E-state index in [0.29, 0.717) is 13.0 Å². The molecule has 0 aromatic heterocycles. The van der Waals surface area contributed by atoms with E-state index in [2.05, 4.69) is 15.4 Å². The number of benzene rings is 2. The van der Waals surface area contributed by atoms with Crippen molar-refractivity contribution in [3.05, 3.63) is 53.6 Å². The fourth-order valence-electron chi connectivity index (χ4n) is 3.24. The topological polar surface area (TPSA) is 97.0 Å². The maximum Gasteiger partial charge on any atom is 0.387 e. The monoisotopic (exact) mass is 447 g/mol. The largest absolute Gasteiger partial charge is 0.493 e. The van der Waals surface area contributed by atoms with Crippen LogP contribution in [0.15, 0.2) is 42.5 Å². The maximum atomic E-state index is 12.4. The summed E-state index contributed by atoms with van der Waals surface area (Å²) >= 11 is 0. The molecule has 3 rings (SSSR count). The van der Waals surface area contributed by atoms with E-state index in [4.69, 9.17) is 4.74 Å². The number of carbonyl (C=O) groups is 3. The van der Waals surface area contributed by atoms with Crippen LogP contribution in [0.25, 0.3) is 0 Å². The minimum absolute atomic E-state index is 0.0264. The van der Waals surface area contributed by atoms with Gasteiger partial charge in [0.2, 0.25) is 11.8 Å². The van der Waals surface area contributed by atoms with E-state index in [9.17, 15) is 23.2 Å². The molecule has 2 N–H and O–H groups in total. The molecule has 2 aromatic rings. The first-order chi connectivity index (χ1) is 15.4. The van der Waals surface area contributed by atoms with Crippen molar-refractivity contribution >= 4 is 23.4 Å². The van der Waals surface area contributed by atoms with Crippen LogP contribution in [0.3, 0.4) is 0 Å². The molecule has 1 saturated heterocycles. The Balaban J connectivity index is 1.47. The molecule has 1 heterocycles. The molecule has 8 nitrogen and oxygen atoms in total. The molecule has 2 aromatic carbocycles. The van der Waals surface area contributed by atoms with Crippen molar-refractivity contribution in [1.82, 2.24) is 10.6 Å². The molecule has 1 aliphatic heterocycles. The summed E-state index contributed by atoms with van der Waals surface area (Å²) in [5.74, 6) is -1.09. The molecule has 0 bridgehead atoms. The number of amides is 3. The fourth-order valence-corrected chi connectivity index (χ4v) is 3.24. The van der Waals surface area contributed by atoms with Crippen LogP contribution in [0.5, 0.6) is 11.5 Å². The highest BCUT2D eigenvalue weighted by Crippen LogP contribution is 2.29. The van der Waals surface area contributed by atoms with Gasteiger partial charge in [0, 0.05) is 30.8 Å². The molecule has 32 heavy (non-hydrogen) atoms. The molecule has 0 saturated carbocycles. The number of ether oxygens (including phenoxy) is 2. The molecular formula is C22H23F2N3O5. The Morgan fingerprint density at radius 2 is 1.84 bits per heavy atom. The summed E-state index contributed by atoms with van der Waals surface area (Å²) < 4.78 is 34.0. The highest BCUT2D eigenvalue weighted by atomic mass is 19.3. The zero-order valence-electron chi connectivity index (χ0n) is 17.4. The Morgan fingerprint density at radius 1 is 1.09 bits per heavy atom. The SMILES string of the molecule is COc1cc(C(=O)NCC(=O)NCc2ccc(N3CCCC3=O)cc2)ccc1OC(F)F. The zero-order chi connectivity index (χ0) is 23.1. The third kappa shape index (κ3) is 5.93. The average Bonchev–Trinajstić information content (AvgIpc) is 3.22. The number of nitrogens with one attached hydrogen (secondary N) is 2. The fraction of sp³-hybridized carbons (Fsp3) is 0.318. The number of anilines is 1. The van der Waals surface area contributed by atoms with Gasteiger partial charge >= 0.3 is 6.61 Å². The molecule has 0 unspecified atom stereocenters. The molecular weight excluding hydrogens is 424 g/mol. The minimum atomic E-state index is -3.02. The standard InChI is InChI=1S/C22H23F2N3O5/c1-31-18-11-15(6-9-17(18)32-22(23)24)21(30)26-13-19(28)25-12-14-4-7-16(8-5-14)27-10-2-3-20(27)29/h4-9,11,22H,2-3,10,12-13H2,1H3,(H,25,28)(H,26,30). The Kier molecular flexibility index (Phi) is 7.58. The van der Waals surface area contributed by atoms with Crippen LogP contribution < -0.4 is 25.0 Å². The van der Waals surface area contributed by atoms with Crippen LogP contribution in [0.2, 0.25) is 0 Å². The summed E-state index contributed by atoms with van der Waals surface area (Å²) in [5, 5.41) is 5.15. The molecule has 0 spiro atoms. The third-order valence-electron chi connectivity index (χ3n) is 4.86. The zero-order valence-corrected chi connectivity index (χ0v) is 17.4. The molecule has 3 amide bonds. The quantitative estimate of drug-likeness (QED) is 0.616. The van der Waals surface area contributed by atoms with Crippen molar-refractivity contribution in [1.29, 1.82) is 0 Å². The molecule has 170 valence electrons. The highest BCUT2D eigenvalue weighted by Gasteiger charge is 2.21. The second-order valence-corrected chi connectivity index (χ2v) is 7.02. The van der Waals surface area contributed by atoms with E-state index >= 15 is 0 Å². The van der Waals surface area contributed by atoms with Gasteiger partial charge in [0.25, 0.3) is 5.91 Å². The summed E-state index contributed by atoms with van der Waals surface area (Å²) in [7, 11) is 1.26. The van der Waals surface area contributed by atoms with Gasteiger partial charge in [-0.2, -0.15) is 8.78 Å². The molecule has 1 aliphatic rings. The lowest BCUT2D eigenvalue weighted by Gasteiger charge is -2.16. The van der Waals surface area contributed by atoms with Crippen molar-refractivity contribution in [3.63, 3.8) is 0 Å². The predicted octanol–water partition coefficient (Wildman–Crippen LogP) is 2.47. The second-order valence-electron chi connectivity index (χ2n) is 7.02. The Labute approximate surface area is 183 Å². The van der Waals surface area contributed by atoms with Gasteiger partial charge < -0.3 is 25.0 Å². The van der Waals surface area contributed by atoms with Crippen LogP contribution >= 0.6 is 0 Å².